The van der Waals surface area contributed by atoms with E-state index in [0.29, 0.717) is 11.8 Å². The van der Waals surface area contributed by atoms with Crippen LogP contribution in [0.4, 0.5) is 0 Å². The highest BCUT2D eigenvalue weighted by Crippen LogP contribution is 2.21. The summed E-state index contributed by atoms with van der Waals surface area (Å²) < 4.78 is 11.7. The molecule has 2 heteroatoms. The molecular formula is C44H72O2. The minimum Gasteiger partial charge on any atom is -0.377 e. The van der Waals surface area contributed by atoms with Crippen LogP contribution in [0.2, 0.25) is 0 Å². The van der Waals surface area contributed by atoms with E-state index in [4.69, 9.17) is 9.47 Å². The summed E-state index contributed by atoms with van der Waals surface area (Å²) in [7, 11) is 3.63. The first kappa shape index (κ1) is 43.6. The summed E-state index contributed by atoms with van der Waals surface area (Å²) in [5.74, 6) is 1.06. The van der Waals surface area contributed by atoms with Crippen molar-refractivity contribution < 1.29 is 9.47 Å². The standard InChI is InChI=1S/C44H72O2/c1-33(2)19-17-23-35(5)25-39(9)27-41(11)31-43(45-13)29-37(7)21-15-16-22-38(8)30-44(46-14)32-42(12)28-40(10)26-36(6)24-18-20-34(3)4/h15-16,19-22,25-26,31-32,39-40,43-44H,17-18,23-24,27-30H2,1-14H3/b16-15+,35-25+,36-26+,37-21+,38-22+,41-31+,42-32+. The summed E-state index contributed by atoms with van der Waals surface area (Å²) in [6.45, 7) is 26.7. The Labute approximate surface area is 286 Å². The Hall–Kier alpha value is -2.42. The van der Waals surface area contributed by atoms with Crippen molar-refractivity contribution in [3.63, 3.8) is 0 Å². The molecule has 0 heterocycles. The zero-order chi connectivity index (χ0) is 35.1. The molecule has 46 heavy (non-hydrogen) atoms. The third-order valence-electron chi connectivity index (χ3n) is 8.07. The molecule has 4 atom stereocenters. The van der Waals surface area contributed by atoms with Gasteiger partial charge in [0.15, 0.2) is 0 Å². The van der Waals surface area contributed by atoms with Gasteiger partial charge < -0.3 is 9.47 Å². The summed E-state index contributed by atoms with van der Waals surface area (Å²) >= 11 is 0. The van der Waals surface area contributed by atoms with Crippen molar-refractivity contribution >= 4 is 0 Å². The molecule has 0 aromatic carbocycles. The first-order valence-corrected chi connectivity index (χ1v) is 17.7. The Kier molecular flexibility index (Phi) is 24.3. The highest BCUT2D eigenvalue weighted by Gasteiger charge is 2.09. The molecule has 0 fully saturated rings. The van der Waals surface area contributed by atoms with Crippen LogP contribution in [0.25, 0.3) is 0 Å². The highest BCUT2D eigenvalue weighted by atomic mass is 16.5. The summed E-state index contributed by atoms with van der Waals surface area (Å²) in [6.07, 6.45) is 31.5. The fourth-order valence-electron chi connectivity index (χ4n) is 5.85. The average Bonchev–Trinajstić information content (AvgIpc) is 2.93. The van der Waals surface area contributed by atoms with Gasteiger partial charge in [0.05, 0.1) is 12.2 Å². The van der Waals surface area contributed by atoms with Gasteiger partial charge in [-0.2, -0.15) is 0 Å². The van der Waals surface area contributed by atoms with E-state index in [-0.39, 0.29) is 12.2 Å². The van der Waals surface area contributed by atoms with Crippen LogP contribution in [0.15, 0.2) is 105 Å². The van der Waals surface area contributed by atoms with Crippen molar-refractivity contribution in [3.8, 4) is 0 Å². The van der Waals surface area contributed by atoms with Gasteiger partial charge in [0.2, 0.25) is 0 Å². The molecule has 0 aliphatic rings. The van der Waals surface area contributed by atoms with Gasteiger partial charge in [0, 0.05) is 14.2 Å². The molecule has 0 spiro atoms. The Bertz CT molecular complexity index is 1050. The lowest BCUT2D eigenvalue weighted by molar-refractivity contribution is 0.140. The molecule has 0 bridgehead atoms. The first-order valence-electron chi connectivity index (χ1n) is 17.7. The summed E-state index contributed by atoms with van der Waals surface area (Å²) in [6, 6.07) is 0. The fourth-order valence-corrected chi connectivity index (χ4v) is 5.85. The lowest BCUT2D eigenvalue weighted by Gasteiger charge is -2.15. The minimum absolute atomic E-state index is 0.0963. The quantitative estimate of drug-likeness (QED) is 0.0873. The maximum absolute atomic E-state index is 5.83. The predicted octanol–water partition coefficient (Wildman–Crippen LogP) is 13.6. The van der Waals surface area contributed by atoms with Crippen molar-refractivity contribution in [3.05, 3.63) is 105 Å². The number of ether oxygens (including phenoxy) is 2. The molecule has 0 N–H and O–H groups in total. The van der Waals surface area contributed by atoms with Gasteiger partial charge in [-0.1, -0.05) is 119 Å². The van der Waals surface area contributed by atoms with Gasteiger partial charge in [-0.25, -0.2) is 0 Å². The third-order valence-corrected chi connectivity index (χ3v) is 8.07. The van der Waals surface area contributed by atoms with Gasteiger partial charge in [-0.3, -0.25) is 0 Å². The topological polar surface area (TPSA) is 18.5 Å². The molecule has 0 rings (SSSR count). The molecule has 0 aromatic heterocycles. The van der Waals surface area contributed by atoms with Crippen LogP contribution in [-0.2, 0) is 9.47 Å². The van der Waals surface area contributed by atoms with Gasteiger partial charge in [-0.15, -0.1) is 0 Å². The Balaban J connectivity index is 5.00. The third kappa shape index (κ3) is 24.8. The lowest BCUT2D eigenvalue weighted by atomic mass is 9.96. The number of hydrogen-bond donors (Lipinski definition) is 0. The van der Waals surface area contributed by atoms with Gasteiger partial charge in [0.25, 0.3) is 0 Å². The molecule has 4 unspecified atom stereocenters. The zero-order valence-corrected chi connectivity index (χ0v) is 32.6. The van der Waals surface area contributed by atoms with Gasteiger partial charge >= 0.3 is 0 Å². The summed E-state index contributed by atoms with van der Waals surface area (Å²) in [4.78, 5) is 0. The molecule has 0 saturated carbocycles. The monoisotopic (exact) mass is 633 g/mol. The normalized spacial score (nSPS) is 16.8. The van der Waals surface area contributed by atoms with E-state index in [9.17, 15) is 0 Å². The molecule has 260 valence electrons. The smallest absolute Gasteiger partial charge is 0.0791 e. The predicted molar refractivity (Wildman–Crippen MR) is 207 cm³/mol. The number of rotatable bonds is 22. The van der Waals surface area contributed by atoms with Gasteiger partial charge in [-0.05, 0) is 132 Å². The second-order valence-electron chi connectivity index (χ2n) is 14.4. The summed E-state index contributed by atoms with van der Waals surface area (Å²) in [5, 5.41) is 0. The second kappa shape index (κ2) is 25.6. The largest absolute Gasteiger partial charge is 0.377 e. The van der Waals surface area contributed by atoms with E-state index in [1.165, 1.54) is 44.6 Å². The van der Waals surface area contributed by atoms with Crippen molar-refractivity contribution in [2.24, 2.45) is 11.8 Å². The van der Waals surface area contributed by atoms with Crippen LogP contribution < -0.4 is 0 Å². The second-order valence-corrected chi connectivity index (χ2v) is 14.4. The molecule has 0 amide bonds. The number of methoxy groups -OCH3 is 2. The van der Waals surface area contributed by atoms with E-state index in [0.717, 1.165) is 51.4 Å². The zero-order valence-electron chi connectivity index (χ0n) is 32.6. The molecule has 0 aliphatic carbocycles. The molecule has 0 aromatic rings. The number of allylic oxidation sites excluding steroid dienone is 14. The average molecular weight is 633 g/mol. The Morgan fingerprint density at radius 3 is 1.11 bits per heavy atom. The van der Waals surface area contributed by atoms with Crippen LogP contribution in [0.5, 0.6) is 0 Å². The minimum atomic E-state index is 0.0963. The summed E-state index contributed by atoms with van der Waals surface area (Å²) in [5.41, 5.74) is 11.2. The molecule has 0 radical (unpaired) electrons. The van der Waals surface area contributed by atoms with Gasteiger partial charge in [0.1, 0.15) is 0 Å². The van der Waals surface area contributed by atoms with Crippen molar-refractivity contribution in [1.29, 1.82) is 0 Å². The maximum atomic E-state index is 5.83. The van der Waals surface area contributed by atoms with Crippen LogP contribution >= 0.6 is 0 Å². The van der Waals surface area contributed by atoms with E-state index >= 15 is 0 Å². The van der Waals surface area contributed by atoms with Crippen LogP contribution in [0.3, 0.4) is 0 Å². The Morgan fingerprint density at radius 2 is 0.804 bits per heavy atom. The fraction of sp³-hybridized carbons (Fsp3) is 0.591. The SMILES string of the molecule is COC(/C=C(\C)CC(C)/C=C(\C)CCC=C(C)C)C/C(C)=C/C=C/C=C(\C)CC(/C=C(\C)CC(C)/C=C(\C)CCC=C(C)C)OC. The van der Waals surface area contributed by atoms with Crippen molar-refractivity contribution in [2.75, 3.05) is 14.2 Å². The molecule has 2 nitrogen and oxygen atoms in total. The molecule has 0 aliphatic heterocycles. The number of hydrogen-bond acceptors (Lipinski definition) is 2. The maximum Gasteiger partial charge on any atom is 0.0791 e. The van der Waals surface area contributed by atoms with E-state index in [1.54, 1.807) is 0 Å². The lowest BCUT2D eigenvalue weighted by Crippen LogP contribution is -2.09. The molecule has 0 saturated heterocycles. The van der Waals surface area contributed by atoms with E-state index < -0.39 is 0 Å². The van der Waals surface area contributed by atoms with Crippen molar-refractivity contribution in [1.82, 2.24) is 0 Å². The van der Waals surface area contributed by atoms with E-state index in [1.807, 2.05) is 14.2 Å². The van der Waals surface area contributed by atoms with Crippen molar-refractivity contribution in [2.45, 2.75) is 147 Å². The highest BCUT2D eigenvalue weighted by molar-refractivity contribution is 5.21. The van der Waals surface area contributed by atoms with Crippen LogP contribution in [0, 0.1) is 11.8 Å². The first-order chi connectivity index (χ1) is 21.6. The molecular weight excluding hydrogens is 560 g/mol. The van der Waals surface area contributed by atoms with Crippen LogP contribution in [-0.4, -0.2) is 26.4 Å². The Morgan fingerprint density at radius 1 is 0.457 bits per heavy atom. The van der Waals surface area contributed by atoms with E-state index in [2.05, 4.69) is 144 Å². The van der Waals surface area contributed by atoms with Crippen LogP contribution in [0.1, 0.15) is 134 Å².